The van der Waals surface area contributed by atoms with Gasteiger partial charge in [0.25, 0.3) is 0 Å². The van der Waals surface area contributed by atoms with Gasteiger partial charge in [0.15, 0.2) is 0 Å². The molecule has 1 saturated carbocycles. The molecule has 0 N–H and O–H groups in total. The summed E-state index contributed by atoms with van der Waals surface area (Å²) in [4.78, 5) is 13.9. The number of ether oxygens (including phenoxy) is 4. The van der Waals surface area contributed by atoms with E-state index < -0.39 is 0 Å². The molecule has 5 unspecified atom stereocenters. The summed E-state index contributed by atoms with van der Waals surface area (Å²) in [5, 5.41) is 0. The Morgan fingerprint density at radius 3 is 1.46 bits per heavy atom. The van der Waals surface area contributed by atoms with Crippen molar-refractivity contribution in [3.05, 3.63) is 108 Å². The third-order valence-corrected chi connectivity index (χ3v) is 6.78. The van der Waals surface area contributed by atoms with Crippen molar-refractivity contribution in [1.29, 1.82) is 0 Å². The Bertz CT molecular complexity index is 1080. The highest BCUT2D eigenvalue weighted by Gasteiger charge is 2.54. The maximum atomic E-state index is 11.8. The van der Waals surface area contributed by atoms with Gasteiger partial charge in [0.1, 0.15) is 12.2 Å². The molecule has 196 valence electrons. The SMILES string of the molecule is CC(=O)OCC1C(OCc2ccccc2)C(OCc2ccccc2)C(OCc2ccccc2)C1N(C)C. The molecule has 0 radical (unpaired) electrons. The molecule has 0 aromatic heterocycles. The fraction of sp³-hybridized carbons (Fsp3) is 0.387. The van der Waals surface area contributed by atoms with Crippen LogP contribution in [0.25, 0.3) is 0 Å². The summed E-state index contributed by atoms with van der Waals surface area (Å²) in [5.74, 6) is -0.445. The molecule has 1 fully saturated rings. The zero-order chi connectivity index (χ0) is 26.0. The van der Waals surface area contributed by atoms with Crippen LogP contribution in [-0.2, 0) is 43.6 Å². The number of carbonyl (C=O) groups is 1. The van der Waals surface area contributed by atoms with E-state index in [4.69, 9.17) is 18.9 Å². The topological polar surface area (TPSA) is 57.2 Å². The number of hydrogen-bond donors (Lipinski definition) is 0. The quantitative estimate of drug-likeness (QED) is 0.329. The summed E-state index contributed by atoms with van der Waals surface area (Å²) < 4.78 is 25.3. The Kier molecular flexibility index (Phi) is 9.85. The van der Waals surface area contributed by atoms with Crippen LogP contribution in [0.3, 0.4) is 0 Å². The summed E-state index contributed by atoms with van der Waals surface area (Å²) in [6.07, 6.45) is -0.989. The first-order valence-corrected chi connectivity index (χ1v) is 12.8. The first-order chi connectivity index (χ1) is 18.0. The fourth-order valence-corrected chi connectivity index (χ4v) is 5.05. The Morgan fingerprint density at radius 2 is 1.05 bits per heavy atom. The summed E-state index contributed by atoms with van der Waals surface area (Å²) in [7, 11) is 4.05. The lowest BCUT2D eigenvalue weighted by Crippen LogP contribution is -2.45. The molecule has 37 heavy (non-hydrogen) atoms. The summed E-state index contributed by atoms with van der Waals surface area (Å²) in [5.41, 5.74) is 3.24. The van der Waals surface area contributed by atoms with Gasteiger partial charge >= 0.3 is 5.97 Å². The van der Waals surface area contributed by atoms with Gasteiger partial charge in [-0.25, -0.2) is 0 Å². The van der Waals surface area contributed by atoms with Crippen LogP contribution in [0.1, 0.15) is 23.6 Å². The average molecular weight is 504 g/mol. The molecule has 0 saturated heterocycles. The summed E-state index contributed by atoms with van der Waals surface area (Å²) in [6, 6.07) is 30.2. The van der Waals surface area contributed by atoms with E-state index >= 15 is 0 Å². The Hall–Kier alpha value is -3.03. The maximum absolute atomic E-state index is 11.8. The van der Waals surface area contributed by atoms with Gasteiger partial charge in [-0.3, -0.25) is 4.79 Å². The van der Waals surface area contributed by atoms with Crippen molar-refractivity contribution in [2.45, 2.75) is 51.1 Å². The third kappa shape index (κ3) is 7.49. The maximum Gasteiger partial charge on any atom is 0.302 e. The van der Waals surface area contributed by atoms with Crippen molar-refractivity contribution in [2.75, 3.05) is 20.7 Å². The highest BCUT2D eigenvalue weighted by molar-refractivity contribution is 5.65. The Labute approximate surface area is 220 Å². The van der Waals surface area contributed by atoms with Crippen LogP contribution in [0.15, 0.2) is 91.0 Å². The van der Waals surface area contributed by atoms with Gasteiger partial charge in [-0.15, -0.1) is 0 Å². The minimum absolute atomic E-state index is 0.0791. The summed E-state index contributed by atoms with van der Waals surface area (Å²) >= 11 is 0. The molecule has 4 rings (SSSR count). The van der Waals surface area contributed by atoms with Crippen molar-refractivity contribution in [3.63, 3.8) is 0 Å². The number of hydrogen-bond acceptors (Lipinski definition) is 6. The molecule has 0 heterocycles. The molecule has 0 bridgehead atoms. The zero-order valence-corrected chi connectivity index (χ0v) is 21.9. The molecule has 0 amide bonds. The van der Waals surface area contributed by atoms with Crippen molar-refractivity contribution >= 4 is 5.97 Å². The van der Waals surface area contributed by atoms with Gasteiger partial charge in [0.05, 0.1) is 32.5 Å². The normalized spacial score (nSPS) is 23.3. The lowest BCUT2D eigenvalue weighted by atomic mass is 10.0. The zero-order valence-electron chi connectivity index (χ0n) is 21.9. The van der Waals surface area contributed by atoms with E-state index in [0.29, 0.717) is 19.8 Å². The average Bonchev–Trinajstić information content (AvgIpc) is 3.22. The predicted octanol–water partition coefficient (Wildman–Crippen LogP) is 4.87. The van der Waals surface area contributed by atoms with Crippen LogP contribution in [0.2, 0.25) is 0 Å². The van der Waals surface area contributed by atoms with E-state index in [9.17, 15) is 4.79 Å². The molecule has 5 atom stereocenters. The van der Waals surface area contributed by atoms with E-state index in [1.807, 2.05) is 93.0 Å². The third-order valence-electron chi connectivity index (χ3n) is 6.78. The van der Waals surface area contributed by atoms with E-state index in [2.05, 4.69) is 17.0 Å². The number of carbonyl (C=O) groups excluding carboxylic acids is 1. The van der Waals surface area contributed by atoms with E-state index in [-0.39, 0.29) is 42.8 Å². The highest BCUT2D eigenvalue weighted by Crippen LogP contribution is 2.38. The van der Waals surface area contributed by atoms with Crippen LogP contribution in [0.4, 0.5) is 0 Å². The highest BCUT2D eigenvalue weighted by atomic mass is 16.6. The molecule has 3 aromatic rings. The minimum atomic E-state index is -0.361. The number of benzene rings is 3. The standard InChI is InChI=1S/C31H37NO5/c1-23(33)34-22-27-28(32(2)3)30(36-20-25-15-9-5-10-16-25)31(37-21-26-17-11-6-12-18-26)29(27)35-19-24-13-7-4-8-14-24/h4-18,27-31H,19-22H2,1-3H3. The Balaban J connectivity index is 1.62. The monoisotopic (exact) mass is 503 g/mol. The molecule has 6 heteroatoms. The van der Waals surface area contributed by atoms with Crippen molar-refractivity contribution in [2.24, 2.45) is 5.92 Å². The van der Waals surface area contributed by atoms with Gasteiger partial charge in [0, 0.05) is 18.9 Å². The minimum Gasteiger partial charge on any atom is -0.465 e. The summed E-state index contributed by atoms with van der Waals surface area (Å²) in [6.45, 7) is 2.98. The van der Waals surface area contributed by atoms with E-state index in [0.717, 1.165) is 16.7 Å². The Morgan fingerprint density at radius 1 is 0.649 bits per heavy atom. The first kappa shape index (κ1) is 27.0. The second kappa shape index (κ2) is 13.5. The molecule has 1 aliphatic carbocycles. The van der Waals surface area contributed by atoms with Crippen LogP contribution in [0, 0.1) is 5.92 Å². The van der Waals surface area contributed by atoms with Crippen LogP contribution < -0.4 is 0 Å². The number of esters is 1. The van der Waals surface area contributed by atoms with Crippen molar-refractivity contribution < 1.29 is 23.7 Å². The molecule has 3 aromatic carbocycles. The van der Waals surface area contributed by atoms with Gasteiger partial charge < -0.3 is 23.8 Å². The molecular weight excluding hydrogens is 466 g/mol. The second-order valence-electron chi connectivity index (χ2n) is 9.70. The van der Waals surface area contributed by atoms with Crippen molar-refractivity contribution in [3.8, 4) is 0 Å². The molecule has 6 nitrogen and oxygen atoms in total. The van der Waals surface area contributed by atoms with Gasteiger partial charge in [0.2, 0.25) is 0 Å². The van der Waals surface area contributed by atoms with Crippen LogP contribution in [0.5, 0.6) is 0 Å². The van der Waals surface area contributed by atoms with Crippen molar-refractivity contribution in [1.82, 2.24) is 4.90 Å². The molecule has 0 spiro atoms. The van der Waals surface area contributed by atoms with E-state index in [1.165, 1.54) is 6.92 Å². The predicted molar refractivity (Wildman–Crippen MR) is 143 cm³/mol. The number of likely N-dealkylation sites (N-methyl/N-ethyl adjacent to an activating group) is 1. The van der Waals surface area contributed by atoms with Crippen LogP contribution >= 0.6 is 0 Å². The smallest absolute Gasteiger partial charge is 0.302 e. The lowest BCUT2D eigenvalue weighted by molar-refractivity contribution is -0.147. The second-order valence-corrected chi connectivity index (χ2v) is 9.70. The molecular formula is C31H37NO5. The number of rotatable bonds is 12. The van der Waals surface area contributed by atoms with Crippen LogP contribution in [-0.4, -0.2) is 55.9 Å². The van der Waals surface area contributed by atoms with Gasteiger partial charge in [-0.2, -0.15) is 0 Å². The molecule has 1 aliphatic rings. The van der Waals surface area contributed by atoms with Gasteiger partial charge in [-0.05, 0) is 30.8 Å². The number of nitrogens with zero attached hydrogens (tertiary/aromatic N) is 1. The largest absolute Gasteiger partial charge is 0.465 e. The van der Waals surface area contributed by atoms with Gasteiger partial charge in [-0.1, -0.05) is 91.0 Å². The first-order valence-electron chi connectivity index (χ1n) is 12.8. The lowest BCUT2D eigenvalue weighted by Gasteiger charge is -2.31. The van der Waals surface area contributed by atoms with E-state index in [1.54, 1.807) is 0 Å². The fourth-order valence-electron chi connectivity index (χ4n) is 5.05. The molecule has 0 aliphatic heterocycles.